The van der Waals surface area contributed by atoms with Crippen LogP contribution in [0.3, 0.4) is 0 Å². The number of carbonyl (C=O) groups is 1. The Kier molecular flexibility index (Phi) is 3.35. The number of hydrogen-bond acceptors (Lipinski definition) is 4. The number of ether oxygens (including phenoxy) is 2. The van der Waals surface area contributed by atoms with Crippen LogP contribution < -0.4 is 11.1 Å². The molecule has 2 saturated heterocycles. The van der Waals surface area contributed by atoms with E-state index in [4.69, 9.17) is 15.2 Å². The van der Waals surface area contributed by atoms with Gasteiger partial charge in [0.15, 0.2) is 0 Å². The fourth-order valence-corrected chi connectivity index (χ4v) is 3.91. The summed E-state index contributed by atoms with van der Waals surface area (Å²) in [7, 11) is 0. The third-order valence-electron chi connectivity index (χ3n) is 5.66. The van der Waals surface area contributed by atoms with Crippen molar-refractivity contribution < 1.29 is 14.3 Å². The molecule has 20 heavy (non-hydrogen) atoms. The molecule has 2 bridgehead atoms. The summed E-state index contributed by atoms with van der Waals surface area (Å²) >= 11 is 0. The second-order valence-corrected chi connectivity index (χ2v) is 7.03. The lowest BCUT2D eigenvalue weighted by Crippen LogP contribution is -2.76. The van der Waals surface area contributed by atoms with Gasteiger partial charge in [0.25, 0.3) is 0 Å². The van der Waals surface area contributed by atoms with Crippen LogP contribution in [0.15, 0.2) is 0 Å². The standard InChI is InChI=1S/C15H26N2O3/c1-4-19-12-8-15(16,14(12,2)3)13(18)17-10-7-9-5-6-11(10)20-9/h9-12H,4-8,16H2,1-3H3,(H,17,18). The molecule has 0 spiro atoms. The molecule has 5 unspecified atom stereocenters. The summed E-state index contributed by atoms with van der Waals surface area (Å²) in [5, 5.41) is 3.13. The van der Waals surface area contributed by atoms with Crippen LogP contribution in [0.25, 0.3) is 0 Å². The monoisotopic (exact) mass is 282 g/mol. The van der Waals surface area contributed by atoms with Crippen molar-refractivity contribution in [1.82, 2.24) is 5.32 Å². The van der Waals surface area contributed by atoms with E-state index >= 15 is 0 Å². The lowest BCUT2D eigenvalue weighted by molar-refractivity contribution is -0.171. The number of amides is 1. The Labute approximate surface area is 120 Å². The van der Waals surface area contributed by atoms with Crippen molar-refractivity contribution in [1.29, 1.82) is 0 Å². The minimum atomic E-state index is -0.825. The molecule has 3 N–H and O–H groups in total. The highest BCUT2D eigenvalue weighted by Crippen LogP contribution is 2.50. The zero-order valence-electron chi connectivity index (χ0n) is 12.6. The summed E-state index contributed by atoms with van der Waals surface area (Å²) < 4.78 is 11.5. The van der Waals surface area contributed by atoms with E-state index in [1.807, 2.05) is 20.8 Å². The Morgan fingerprint density at radius 2 is 2.20 bits per heavy atom. The van der Waals surface area contributed by atoms with E-state index in [1.54, 1.807) is 0 Å². The molecule has 0 aromatic rings. The Hall–Kier alpha value is -0.650. The van der Waals surface area contributed by atoms with Crippen LogP contribution in [0.1, 0.15) is 46.5 Å². The van der Waals surface area contributed by atoms with E-state index in [2.05, 4.69) is 5.32 Å². The molecule has 3 aliphatic rings. The molecule has 0 radical (unpaired) electrons. The van der Waals surface area contributed by atoms with Gasteiger partial charge >= 0.3 is 0 Å². The number of nitrogens with two attached hydrogens (primary N) is 1. The predicted octanol–water partition coefficient (Wildman–Crippen LogP) is 0.955. The summed E-state index contributed by atoms with van der Waals surface area (Å²) in [5.41, 5.74) is 5.24. The van der Waals surface area contributed by atoms with Crippen LogP contribution in [0, 0.1) is 5.41 Å². The van der Waals surface area contributed by atoms with Gasteiger partial charge in [-0.2, -0.15) is 0 Å². The molecular weight excluding hydrogens is 256 g/mol. The quantitative estimate of drug-likeness (QED) is 0.805. The third kappa shape index (κ3) is 1.90. The average molecular weight is 282 g/mol. The van der Waals surface area contributed by atoms with E-state index in [1.165, 1.54) is 0 Å². The van der Waals surface area contributed by atoms with Gasteiger partial charge in [-0.05, 0) is 26.2 Å². The summed E-state index contributed by atoms with van der Waals surface area (Å²) in [4.78, 5) is 12.6. The Morgan fingerprint density at radius 3 is 2.70 bits per heavy atom. The maximum absolute atomic E-state index is 12.6. The third-order valence-corrected chi connectivity index (χ3v) is 5.66. The van der Waals surface area contributed by atoms with Crippen LogP contribution in [-0.2, 0) is 14.3 Å². The lowest BCUT2D eigenvalue weighted by Gasteiger charge is -2.57. The largest absolute Gasteiger partial charge is 0.378 e. The molecule has 3 fully saturated rings. The Bertz CT molecular complexity index is 412. The molecule has 5 nitrogen and oxygen atoms in total. The van der Waals surface area contributed by atoms with Crippen LogP contribution in [0.4, 0.5) is 0 Å². The highest BCUT2D eigenvalue weighted by atomic mass is 16.5. The molecule has 0 aromatic heterocycles. The van der Waals surface area contributed by atoms with Gasteiger partial charge in [0.1, 0.15) is 5.54 Å². The summed E-state index contributed by atoms with van der Waals surface area (Å²) in [6, 6.07) is 0.142. The first-order valence-electron chi connectivity index (χ1n) is 7.75. The fourth-order valence-electron chi connectivity index (χ4n) is 3.91. The van der Waals surface area contributed by atoms with Crippen LogP contribution in [-0.4, -0.2) is 42.4 Å². The van der Waals surface area contributed by atoms with Crippen LogP contribution in [0.5, 0.6) is 0 Å². The highest BCUT2D eigenvalue weighted by molar-refractivity contribution is 5.89. The van der Waals surface area contributed by atoms with Crippen molar-refractivity contribution in [3.63, 3.8) is 0 Å². The fraction of sp³-hybridized carbons (Fsp3) is 0.933. The van der Waals surface area contributed by atoms with Crippen molar-refractivity contribution in [3.8, 4) is 0 Å². The second-order valence-electron chi connectivity index (χ2n) is 7.03. The van der Waals surface area contributed by atoms with Crippen molar-refractivity contribution in [2.24, 2.45) is 11.1 Å². The maximum Gasteiger partial charge on any atom is 0.241 e. The first-order valence-corrected chi connectivity index (χ1v) is 7.75. The minimum absolute atomic E-state index is 0.0420. The van der Waals surface area contributed by atoms with Crippen molar-refractivity contribution in [2.45, 2.75) is 76.3 Å². The van der Waals surface area contributed by atoms with E-state index in [0.29, 0.717) is 19.1 Å². The number of fused-ring (bicyclic) bond motifs is 2. The summed E-state index contributed by atoms with van der Waals surface area (Å²) in [5.74, 6) is -0.0420. The molecule has 5 atom stereocenters. The van der Waals surface area contributed by atoms with Gasteiger partial charge in [0.2, 0.25) is 5.91 Å². The van der Waals surface area contributed by atoms with Gasteiger partial charge in [-0.25, -0.2) is 0 Å². The molecule has 3 rings (SSSR count). The molecule has 0 aromatic carbocycles. The second kappa shape index (κ2) is 4.68. The zero-order chi connectivity index (χ0) is 14.5. The number of hydrogen-bond donors (Lipinski definition) is 2. The molecule has 1 amide bonds. The van der Waals surface area contributed by atoms with E-state index in [-0.39, 0.29) is 29.6 Å². The van der Waals surface area contributed by atoms with Gasteiger partial charge in [0.05, 0.1) is 24.4 Å². The molecule has 2 aliphatic heterocycles. The number of rotatable bonds is 4. The SMILES string of the molecule is CCOC1CC(N)(C(=O)NC2CC3CCC2O3)C1(C)C. The number of carbonyl (C=O) groups excluding carboxylic acids is 1. The average Bonchev–Trinajstić information content (AvgIpc) is 3.00. The minimum Gasteiger partial charge on any atom is -0.378 e. The van der Waals surface area contributed by atoms with E-state index in [9.17, 15) is 4.79 Å². The van der Waals surface area contributed by atoms with Gasteiger partial charge in [-0.3, -0.25) is 4.79 Å². The molecule has 1 aliphatic carbocycles. The van der Waals surface area contributed by atoms with Crippen LogP contribution >= 0.6 is 0 Å². The first kappa shape index (κ1) is 14.3. The molecule has 5 heteroatoms. The molecule has 1 saturated carbocycles. The smallest absolute Gasteiger partial charge is 0.241 e. The van der Waals surface area contributed by atoms with E-state index in [0.717, 1.165) is 19.3 Å². The van der Waals surface area contributed by atoms with Gasteiger partial charge in [-0.1, -0.05) is 13.8 Å². The topological polar surface area (TPSA) is 73.6 Å². The molecule has 2 heterocycles. The van der Waals surface area contributed by atoms with Crippen molar-refractivity contribution in [3.05, 3.63) is 0 Å². The predicted molar refractivity (Wildman–Crippen MR) is 75.2 cm³/mol. The molecule has 114 valence electrons. The van der Waals surface area contributed by atoms with Gasteiger partial charge in [0, 0.05) is 18.4 Å². The summed E-state index contributed by atoms with van der Waals surface area (Å²) in [6.45, 7) is 6.67. The Morgan fingerprint density at radius 1 is 1.45 bits per heavy atom. The highest BCUT2D eigenvalue weighted by Gasteiger charge is 2.63. The Balaban J connectivity index is 1.63. The first-order chi connectivity index (χ1) is 9.38. The zero-order valence-corrected chi connectivity index (χ0v) is 12.6. The van der Waals surface area contributed by atoms with Gasteiger partial charge in [-0.15, -0.1) is 0 Å². The summed E-state index contributed by atoms with van der Waals surface area (Å²) in [6.07, 6.45) is 4.31. The number of nitrogens with one attached hydrogen (secondary N) is 1. The normalized spacial score (nSPS) is 45.2. The van der Waals surface area contributed by atoms with Crippen molar-refractivity contribution in [2.75, 3.05) is 6.61 Å². The van der Waals surface area contributed by atoms with Crippen molar-refractivity contribution >= 4 is 5.91 Å². The van der Waals surface area contributed by atoms with Crippen LogP contribution in [0.2, 0.25) is 0 Å². The van der Waals surface area contributed by atoms with Gasteiger partial charge < -0.3 is 20.5 Å². The lowest BCUT2D eigenvalue weighted by atomic mass is 9.54. The van der Waals surface area contributed by atoms with E-state index < -0.39 is 5.54 Å². The molecular formula is C15H26N2O3. The maximum atomic E-state index is 12.6.